The molecule has 0 atom stereocenters. The highest BCUT2D eigenvalue weighted by molar-refractivity contribution is 9.10. The fourth-order valence-corrected chi connectivity index (χ4v) is 3.02. The summed E-state index contributed by atoms with van der Waals surface area (Å²) >= 11 is 3.52. The maximum Gasteiger partial charge on any atom is 0.251 e. The van der Waals surface area contributed by atoms with Crippen LogP contribution in [0.2, 0.25) is 0 Å². The SMILES string of the molecule is COc1cc(Br)c(CCNC(=O)c2ccc(CNC(C)=O)cc2)cc1OC. The summed E-state index contributed by atoms with van der Waals surface area (Å²) < 4.78 is 11.5. The lowest BCUT2D eigenvalue weighted by Crippen LogP contribution is -2.26. The number of amides is 2. The Balaban J connectivity index is 1.91. The lowest BCUT2D eigenvalue weighted by atomic mass is 10.1. The van der Waals surface area contributed by atoms with Crippen molar-refractivity contribution in [3.8, 4) is 11.5 Å². The monoisotopic (exact) mass is 434 g/mol. The zero-order valence-corrected chi connectivity index (χ0v) is 17.2. The third-order valence-corrected chi connectivity index (χ3v) is 4.73. The third kappa shape index (κ3) is 5.99. The molecule has 2 amide bonds. The molecule has 0 radical (unpaired) electrons. The van der Waals surface area contributed by atoms with Crippen LogP contribution < -0.4 is 20.1 Å². The summed E-state index contributed by atoms with van der Waals surface area (Å²) in [4.78, 5) is 23.2. The van der Waals surface area contributed by atoms with Crippen LogP contribution in [0, 0.1) is 0 Å². The van der Waals surface area contributed by atoms with Crippen molar-refractivity contribution >= 4 is 27.7 Å². The van der Waals surface area contributed by atoms with Gasteiger partial charge in [-0.2, -0.15) is 0 Å². The fraction of sp³-hybridized carbons (Fsp3) is 0.300. The number of methoxy groups -OCH3 is 2. The summed E-state index contributed by atoms with van der Waals surface area (Å²) in [7, 11) is 3.18. The van der Waals surface area contributed by atoms with Gasteiger partial charge in [-0.3, -0.25) is 9.59 Å². The molecule has 7 heteroatoms. The molecule has 0 spiro atoms. The summed E-state index contributed by atoms with van der Waals surface area (Å²) in [6, 6.07) is 10.9. The van der Waals surface area contributed by atoms with Gasteiger partial charge in [-0.1, -0.05) is 28.1 Å². The van der Waals surface area contributed by atoms with E-state index >= 15 is 0 Å². The molecule has 2 rings (SSSR count). The molecule has 6 nitrogen and oxygen atoms in total. The number of carbonyl (C=O) groups excluding carboxylic acids is 2. The second-order valence-electron chi connectivity index (χ2n) is 5.91. The normalized spacial score (nSPS) is 10.2. The van der Waals surface area contributed by atoms with Gasteiger partial charge in [0.05, 0.1) is 14.2 Å². The van der Waals surface area contributed by atoms with E-state index in [1.54, 1.807) is 26.4 Å². The Labute approximate surface area is 167 Å². The Morgan fingerprint density at radius 1 is 1.00 bits per heavy atom. The number of carbonyl (C=O) groups is 2. The molecule has 0 aliphatic rings. The van der Waals surface area contributed by atoms with Gasteiger partial charge in [-0.15, -0.1) is 0 Å². The van der Waals surface area contributed by atoms with E-state index in [1.165, 1.54) is 6.92 Å². The van der Waals surface area contributed by atoms with Crippen molar-refractivity contribution in [3.05, 3.63) is 57.6 Å². The first-order valence-corrected chi connectivity index (χ1v) is 9.26. The van der Waals surface area contributed by atoms with E-state index in [1.807, 2.05) is 24.3 Å². The molecule has 2 N–H and O–H groups in total. The highest BCUT2D eigenvalue weighted by atomic mass is 79.9. The summed E-state index contributed by atoms with van der Waals surface area (Å²) in [6.45, 7) is 2.41. The lowest BCUT2D eigenvalue weighted by molar-refractivity contribution is -0.119. The van der Waals surface area contributed by atoms with Crippen LogP contribution in [0.5, 0.6) is 11.5 Å². The molecule has 0 bridgehead atoms. The molecule has 2 aromatic carbocycles. The van der Waals surface area contributed by atoms with E-state index in [4.69, 9.17) is 9.47 Å². The number of halogens is 1. The van der Waals surface area contributed by atoms with Crippen LogP contribution in [0.1, 0.15) is 28.4 Å². The van der Waals surface area contributed by atoms with Crippen molar-refractivity contribution in [3.63, 3.8) is 0 Å². The van der Waals surface area contributed by atoms with Crippen molar-refractivity contribution in [1.29, 1.82) is 0 Å². The van der Waals surface area contributed by atoms with Crippen LogP contribution in [0.25, 0.3) is 0 Å². The molecule has 0 aliphatic carbocycles. The molecule has 144 valence electrons. The molecule has 2 aromatic rings. The van der Waals surface area contributed by atoms with Crippen molar-refractivity contribution in [2.24, 2.45) is 0 Å². The third-order valence-electron chi connectivity index (χ3n) is 3.99. The number of nitrogens with one attached hydrogen (secondary N) is 2. The summed E-state index contributed by atoms with van der Waals surface area (Å²) in [5.74, 6) is 1.07. The van der Waals surface area contributed by atoms with E-state index in [2.05, 4.69) is 26.6 Å². The fourth-order valence-electron chi connectivity index (χ4n) is 2.50. The molecule has 0 fully saturated rings. The first-order valence-electron chi connectivity index (χ1n) is 8.46. The van der Waals surface area contributed by atoms with E-state index in [0.29, 0.717) is 36.6 Å². The van der Waals surface area contributed by atoms with Gasteiger partial charge in [0, 0.05) is 30.0 Å². The Bertz CT molecular complexity index is 806. The minimum Gasteiger partial charge on any atom is -0.493 e. The van der Waals surface area contributed by atoms with Gasteiger partial charge in [0.25, 0.3) is 5.91 Å². The Morgan fingerprint density at radius 2 is 1.63 bits per heavy atom. The summed E-state index contributed by atoms with van der Waals surface area (Å²) in [5.41, 5.74) is 2.53. The second-order valence-corrected chi connectivity index (χ2v) is 6.77. The molecule has 0 saturated carbocycles. The van der Waals surface area contributed by atoms with Gasteiger partial charge >= 0.3 is 0 Å². The number of ether oxygens (including phenoxy) is 2. The number of hydrogen-bond donors (Lipinski definition) is 2. The predicted molar refractivity (Wildman–Crippen MR) is 107 cm³/mol. The van der Waals surface area contributed by atoms with Gasteiger partial charge in [0.15, 0.2) is 11.5 Å². The number of rotatable bonds is 8. The van der Waals surface area contributed by atoms with Crippen molar-refractivity contribution in [1.82, 2.24) is 10.6 Å². The average Bonchev–Trinajstić information content (AvgIpc) is 2.67. The Kier molecular flexibility index (Phi) is 7.67. The smallest absolute Gasteiger partial charge is 0.251 e. The highest BCUT2D eigenvalue weighted by Gasteiger charge is 2.10. The van der Waals surface area contributed by atoms with E-state index in [9.17, 15) is 9.59 Å². The minimum atomic E-state index is -0.141. The molecule has 0 aromatic heterocycles. The largest absolute Gasteiger partial charge is 0.493 e. The molecular formula is C20H23BrN2O4. The van der Waals surface area contributed by atoms with Crippen molar-refractivity contribution in [2.75, 3.05) is 20.8 Å². The number of hydrogen-bond acceptors (Lipinski definition) is 4. The van der Waals surface area contributed by atoms with E-state index in [-0.39, 0.29) is 11.8 Å². The van der Waals surface area contributed by atoms with Crippen LogP contribution in [0.3, 0.4) is 0 Å². The standard InChI is InChI=1S/C20H23BrN2O4/c1-13(24)23-12-14-4-6-15(7-5-14)20(25)22-9-8-16-10-18(26-2)19(27-3)11-17(16)21/h4-7,10-11H,8-9,12H2,1-3H3,(H,22,25)(H,23,24). The van der Waals surface area contributed by atoms with Gasteiger partial charge in [0.1, 0.15) is 0 Å². The second kappa shape index (κ2) is 9.97. The van der Waals surface area contributed by atoms with E-state index in [0.717, 1.165) is 15.6 Å². The number of benzene rings is 2. The molecular weight excluding hydrogens is 412 g/mol. The van der Waals surface area contributed by atoms with Gasteiger partial charge < -0.3 is 20.1 Å². The predicted octanol–water partition coefficient (Wildman–Crippen LogP) is 3.07. The maximum absolute atomic E-state index is 12.3. The van der Waals surface area contributed by atoms with Gasteiger partial charge in [-0.25, -0.2) is 0 Å². The zero-order valence-electron chi connectivity index (χ0n) is 15.6. The van der Waals surface area contributed by atoms with Gasteiger partial charge in [0.2, 0.25) is 5.91 Å². The lowest BCUT2D eigenvalue weighted by Gasteiger charge is -2.12. The van der Waals surface area contributed by atoms with Crippen LogP contribution in [0.4, 0.5) is 0 Å². The first kappa shape index (κ1) is 20.8. The zero-order chi connectivity index (χ0) is 19.8. The minimum absolute atomic E-state index is 0.0851. The topological polar surface area (TPSA) is 76.7 Å². The Hall–Kier alpha value is -2.54. The van der Waals surface area contributed by atoms with Crippen molar-refractivity contribution < 1.29 is 19.1 Å². The summed E-state index contributed by atoms with van der Waals surface area (Å²) in [6.07, 6.45) is 0.646. The Morgan fingerprint density at radius 3 is 2.22 bits per heavy atom. The highest BCUT2D eigenvalue weighted by Crippen LogP contribution is 2.33. The molecule has 0 unspecified atom stereocenters. The summed E-state index contributed by atoms with van der Waals surface area (Å²) in [5, 5.41) is 5.63. The first-order chi connectivity index (χ1) is 12.9. The molecule has 0 saturated heterocycles. The maximum atomic E-state index is 12.3. The molecule has 27 heavy (non-hydrogen) atoms. The van der Waals surface area contributed by atoms with Gasteiger partial charge in [-0.05, 0) is 41.8 Å². The molecule has 0 aliphatic heterocycles. The van der Waals surface area contributed by atoms with Crippen molar-refractivity contribution in [2.45, 2.75) is 19.9 Å². The van der Waals surface area contributed by atoms with Crippen LogP contribution >= 0.6 is 15.9 Å². The average molecular weight is 435 g/mol. The van der Waals surface area contributed by atoms with Crippen LogP contribution in [-0.2, 0) is 17.8 Å². The molecule has 0 heterocycles. The quantitative estimate of drug-likeness (QED) is 0.669. The van der Waals surface area contributed by atoms with Crippen LogP contribution in [0.15, 0.2) is 40.9 Å². The van der Waals surface area contributed by atoms with E-state index < -0.39 is 0 Å². The van der Waals surface area contributed by atoms with Crippen LogP contribution in [-0.4, -0.2) is 32.6 Å².